The summed E-state index contributed by atoms with van der Waals surface area (Å²) in [5.41, 5.74) is 0.587. The molecular formula is C24H54NO2Si+. The summed E-state index contributed by atoms with van der Waals surface area (Å²) in [5, 5.41) is 0. The molecule has 0 rings (SSSR count). The minimum absolute atomic E-state index is 0.587. The average molecular weight is 417 g/mol. The summed E-state index contributed by atoms with van der Waals surface area (Å²) in [6.45, 7) is 7.12. The lowest BCUT2D eigenvalue weighted by Gasteiger charge is -2.31. The van der Waals surface area contributed by atoms with Crippen molar-refractivity contribution in [3.63, 3.8) is 0 Å². The Morgan fingerprint density at radius 2 is 1.04 bits per heavy atom. The molecule has 3 nitrogen and oxygen atoms in total. The van der Waals surface area contributed by atoms with Gasteiger partial charge in [-0.1, -0.05) is 90.9 Å². The van der Waals surface area contributed by atoms with E-state index in [1.807, 2.05) is 0 Å². The maximum Gasteiger partial charge on any atom is 0.324 e. The van der Waals surface area contributed by atoms with Crippen LogP contribution in [0.5, 0.6) is 0 Å². The molecule has 0 saturated heterocycles. The fourth-order valence-electron chi connectivity index (χ4n) is 4.10. The first kappa shape index (κ1) is 28.1. The minimum atomic E-state index is -1.45. The Balaban J connectivity index is 3.47. The number of hydrogen-bond acceptors (Lipinski definition) is 2. The van der Waals surface area contributed by atoms with E-state index in [0.717, 1.165) is 4.48 Å². The predicted molar refractivity (Wildman–Crippen MR) is 127 cm³/mol. The fourth-order valence-corrected chi connectivity index (χ4v) is 5.64. The molecule has 0 aliphatic carbocycles. The SMILES string of the molecule is CCCCCCCCCCCCCCCC[N+](C)(C)CCC(C)[SiH](OC)OC. The van der Waals surface area contributed by atoms with Crippen LogP contribution in [-0.2, 0) is 8.85 Å². The molecule has 170 valence electrons. The van der Waals surface area contributed by atoms with E-state index in [2.05, 4.69) is 27.9 Å². The highest BCUT2D eigenvalue weighted by atomic mass is 28.3. The molecule has 1 atom stereocenters. The van der Waals surface area contributed by atoms with Crippen LogP contribution in [0, 0.1) is 0 Å². The van der Waals surface area contributed by atoms with Crippen LogP contribution in [0.3, 0.4) is 0 Å². The van der Waals surface area contributed by atoms with Gasteiger partial charge in [0.25, 0.3) is 0 Å². The lowest BCUT2D eigenvalue weighted by Crippen LogP contribution is -2.42. The molecule has 1 unspecified atom stereocenters. The minimum Gasteiger partial charge on any atom is -0.400 e. The molecule has 0 aromatic rings. The van der Waals surface area contributed by atoms with Crippen molar-refractivity contribution < 1.29 is 13.3 Å². The van der Waals surface area contributed by atoms with Crippen LogP contribution in [0.15, 0.2) is 0 Å². The van der Waals surface area contributed by atoms with Gasteiger partial charge < -0.3 is 13.3 Å². The van der Waals surface area contributed by atoms with Gasteiger partial charge in [0, 0.05) is 26.2 Å². The first-order chi connectivity index (χ1) is 13.5. The highest BCUT2D eigenvalue weighted by Gasteiger charge is 2.23. The smallest absolute Gasteiger partial charge is 0.324 e. The summed E-state index contributed by atoms with van der Waals surface area (Å²) >= 11 is 0. The largest absolute Gasteiger partial charge is 0.400 e. The van der Waals surface area contributed by atoms with Crippen molar-refractivity contribution in [1.29, 1.82) is 0 Å². The fraction of sp³-hybridized carbons (Fsp3) is 1.00. The molecule has 0 N–H and O–H groups in total. The topological polar surface area (TPSA) is 18.5 Å². The zero-order chi connectivity index (χ0) is 21.1. The third-order valence-corrected chi connectivity index (χ3v) is 8.43. The molecule has 0 spiro atoms. The molecule has 28 heavy (non-hydrogen) atoms. The van der Waals surface area contributed by atoms with Crippen LogP contribution in [0.1, 0.15) is 110 Å². The van der Waals surface area contributed by atoms with Crippen LogP contribution in [-0.4, -0.2) is 55.2 Å². The lowest BCUT2D eigenvalue weighted by atomic mass is 10.0. The van der Waals surface area contributed by atoms with Gasteiger partial charge in [0.2, 0.25) is 0 Å². The molecule has 0 aromatic carbocycles. The Bertz CT molecular complexity index is 322. The Morgan fingerprint density at radius 1 is 0.643 bits per heavy atom. The third-order valence-electron chi connectivity index (χ3n) is 6.24. The van der Waals surface area contributed by atoms with Gasteiger partial charge >= 0.3 is 9.28 Å². The van der Waals surface area contributed by atoms with Gasteiger partial charge in [-0.2, -0.15) is 0 Å². The Labute approximate surface area is 180 Å². The highest BCUT2D eigenvalue weighted by molar-refractivity contribution is 6.46. The van der Waals surface area contributed by atoms with Crippen molar-refractivity contribution >= 4 is 9.28 Å². The van der Waals surface area contributed by atoms with Crippen LogP contribution in [0.2, 0.25) is 5.54 Å². The maximum absolute atomic E-state index is 5.52. The summed E-state index contributed by atoms with van der Waals surface area (Å²) < 4.78 is 12.2. The molecule has 0 aliphatic heterocycles. The summed E-state index contributed by atoms with van der Waals surface area (Å²) in [5.74, 6) is 0. The van der Waals surface area contributed by atoms with E-state index in [9.17, 15) is 0 Å². The molecule has 0 radical (unpaired) electrons. The van der Waals surface area contributed by atoms with E-state index in [-0.39, 0.29) is 0 Å². The van der Waals surface area contributed by atoms with Crippen molar-refractivity contribution in [3.8, 4) is 0 Å². The van der Waals surface area contributed by atoms with E-state index < -0.39 is 9.28 Å². The van der Waals surface area contributed by atoms with Crippen LogP contribution < -0.4 is 0 Å². The third kappa shape index (κ3) is 17.0. The second-order valence-corrected chi connectivity index (χ2v) is 12.4. The number of rotatable bonds is 21. The molecule has 0 saturated carbocycles. The monoisotopic (exact) mass is 416 g/mol. The van der Waals surface area contributed by atoms with E-state index in [1.165, 1.54) is 109 Å². The normalized spacial score (nSPS) is 13.4. The van der Waals surface area contributed by atoms with Gasteiger partial charge in [-0.05, 0) is 12.8 Å². The molecule has 0 aromatic heterocycles. The van der Waals surface area contributed by atoms with E-state index in [4.69, 9.17) is 8.85 Å². The quantitative estimate of drug-likeness (QED) is 0.116. The van der Waals surface area contributed by atoms with Crippen LogP contribution in [0.4, 0.5) is 0 Å². The molecule has 0 fully saturated rings. The molecule has 0 aliphatic rings. The van der Waals surface area contributed by atoms with Crippen LogP contribution >= 0.6 is 0 Å². The molecular weight excluding hydrogens is 362 g/mol. The zero-order valence-electron chi connectivity index (χ0n) is 20.4. The lowest BCUT2D eigenvalue weighted by molar-refractivity contribution is -0.890. The van der Waals surface area contributed by atoms with Crippen molar-refractivity contribution in [1.82, 2.24) is 0 Å². The standard InChI is InChI=1S/C24H54NO2Si/c1-7-8-9-10-11-12-13-14-15-16-17-18-19-20-22-25(3,4)23-21-24(2)28(26-5)27-6/h24,28H,7-23H2,1-6H3/q+1. The average Bonchev–Trinajstić information content (AvgIpc) is 2.67. The summed E-state index contributed by atoms with van der Waals surface area (Å²) in [4.78, 5) is 0. The van der Waals surface area contributed by atoms with Crippen molar-refractivity contribution in [2.75, 3.05) is 41.4 Å². The van der Waals surface area contributed by atoms with E-state index in [1.54, 1.807) is 14.2 Å². The number of nitrogens with zero attached hydrogens (tertiary/aromatic N) is 1. The Kier molecular flexibility index (Phi) is 19.1. The number of hydrogen-bond donors (Lipinski definition) is 0. The molecule has 0 bridgehead atoms. The highest BCUT2D eigenvalue weighted by Crippen LogP contribution is 2.18. The number of unbranched alkanes of at least 4 members (excludes halogenated alkanes) is 13. The first-order valence-corrected chi connectivity index (χ1v) is 14.0. The summed E-state index contributed by atoms with van der Waals surface area (Å²) in [6, 6.07) is 0. The van der Waals surface area contributed by atoms with Crippen LogP contribution in [0.25, 0.3) is 0 Å². The molecule has 0 amide bonds. The van der Waals surface area contributed by atoms with Crippen molar-refractivity contribution in [3.05, 3.63) is 0 Å². The second-order valence-electron chi connectivity index (χ2n) is 9.58. The van der Waals surface area contributed by atoms with Crippen molar-refractivity contribution in [2.24, 2.45) is 0 Å². The van der Waals surface area contributed by atoms with E-state index >= 15 is 0 Å². The first-order valence-electron chi connectivity index (χ1n) is 12.3. The molecule has 0 heterocycles. The van der Waals surface area contributed by atoms with Gasteiger partial charge in [0.15, 0.2) is 0 Å². The predicted octanol–water partition coefficient (Wildman–Crippen LogP) is 6.84. The van der Waals surface area contributed by atoms with Gasteiger partial charge in [0.1, 0.15) is 0 Å². The Hall–Kier alpha value is 0.0969. The van der Waals surface area contributed by atoms with Crippen molar-refractivity contribution in [2.45, 2.75) is 116 Å². The summed E-state index contributed by atoms with van der Waals surface area (Å²) in [7, 11) is 6.90. The zero-order valence-corrected chi connectivity index (χ0v) is 21.6. The van der Waals surface area contributed by atoms with Gasteiger partial charge in [0.05, 0.1) is 27.2 Å². The Morgan fingerprint density at radius 3 is 1.43 bits per heavy atom. The maximum atomic E-state index is 5.52. The second kappa shape index (κ2) is 19.1. The van der Waals surface area contributed by atoms with Gasteiger partial charge in [-0.25, -0.2) is 0 Å². The van der Waals surface area contributed by atoms with E-state index in [0.29, 0.717) is 5.54 Å². The van der Waals surface area contributed by atoms with Gasteiger partial charge in [-0.15, -0.1) is 0 Å². The van der Waals surface area contributed by atoms with Gasteiger partial charge in [-0.3, -0.25) is 0 Å². The molecule has 4 heteroatoms. The number of quaternary nitrogens is 1. The summed E-state index contributed by atoms with van der Waals surface area (Å²) in [6.07, 6.45) is 21.3.